The van der Waals surface area contributed by atoms with E-state index < -0.39 is 6.09 Å². The van der Waals surface area contributed by atoms with Gasteiger partial charge in [0.15, 0.2) is 0 Å². The molecule has 0 bridgehead atoms. The first-order valence-electron chi connectivity index (χ1n) is 8.17. The smallest absolute Gasteiger partial charge is 0.411 e. The van der Waals surface area contributed by atoms with Gasteiger partial charge in [0.25, 0.3) is 0 Å². The highest BCUT2D eigenvalue weighted by molar-refractivity contribution is 6.20. The molecule has 4 heteroatoms. The number of ether oxygens (including phenoxy) is 1. The lowest BCUT2D eigenvalue weighted by Gasteiger charge is -2.17. The molecular formula is C21H18N2O2. The Bertz CT molecular complexity index is 1150. The first-order valence-corrected chi connectivity index (χ1v) is 8.17. The van der Waals surface area contributed by atoms with Crippen LogP contribution in [0.2, 0.25) is 0 Å². The second kappa shape index (κ2) is 5.74. The summed E-state index contributed by atoms with van der Waals surface area (Å²) in [5, 5.41) is 7.03. The number of anilines is 1. The molecule has 0 spiro atoms. The van der Waals surface area contributed by atoms with Gasteiger partial charge in [-0.15, -0.1) is 0 Å². The molecule has 0 aliphatic heterocycles. The highest BCUT2D eigenvalue weighted by Gasteiger charge is 2.17. The molecule has 0 aliphatic carbocycles. The van der Waals surface area contributed by atoms with E-state index in [-0.39, 0.29) is 0 Å². The Kier molecular flexibility index (Phi) is 3.53. The third-order valence-corrected chi connectivity index (χ3v) is 4.83. The lowest BCUT2D eigenvalue weighted by Crippen LogP contribution is -2.12. The van der Waals surface area contributed by atoms with E-state index >= 15 is 0 Å². The van der Waals surface area contributed by atoms with Crippen LogP contribution in [0, 0.1) is 13.8 Å². The van der Waals surface area contributed by atoms with Crippen LogP contribution in [0.3, 0.4) is 0 Å². The fraction of sp³-hybridized carbons (Fsp3) is 0.143. The normalized spacial score (nSPS) is 11.2. The number of rotatable bonds is 1. The number of pyridine rings is 1. The van der Waals surface area contributed by atoms with Crippen LogP contribution >= 0.6 is 0 Å². The average molecular weight is 330 g/mol. The van der Waals surface area contributed by atoms with Gasteiger partial charge in [0, 0.05) is 16.2 Å². The lowest BCUT2D eigenvalue weighted by molar-refractivity contribution is 0.187. The predicted octanol–water partition coefficient (Wildman–Crippen LogP) is 5.34. The van der Waals surface area contributed by atoms with Crippen molar-refractivity contribution in [2.24, 2.45) is 0 Å². The van der Waals surface area contributed by atoms with E-state index in [1.807, 2.05) is 36.4 Å². The van der Waals surface area contributed by atoms with Crippen LogP contribution in [-0.2, 0) is 4.74 Å². The number of nitrogens with zero attached hydrogens (tertiary/aromatic N) is 1. The van der Waals surface area contributed by atoms with Crippen LogP contribution in [0.15, 0.2) is 48.5 Å². The summed E-state index contributed by atoms with van der Waals surface area (Å²) >= 11 is 0. The maximum atomic E-state index is 12.0. The monoisotopic (exact) mass is 330 g/mol. The minimum atomic E-state index is -0.483. The lowest BCUT2D eigenvalue weighted by atomic mass is 9.93. The molecule has 1 N–H and O–H groups in total. The van der Waals surface area contributed by atoms with Crippen LogP contribution < -0.4 is 5.32 Å². The molecule has 3 aromatic carbocycles. The van der Waals surface area contributed by atoms with Gasteiger partial charge in [-0.3, -0.25) is 5.32 Å². The van der Waals surface area contributed by atoms with Crippen molar-refractivity contribution in [2.75, 3.05) is 12.4 Å². The van der Waals surface area contributed by atoms with Gasteiger partial charge in [0.05, 0.1) is 23.8 Å². The molecule has 25 heavy (non-hydrogen) atoms. The standard InChI is InChI=1S/C21H18N2O2/c1-12-13(2)18-19(15-9-5-4-8-14(12)15)22-17-11-7-6-10-16(17)20(18)23-21(24)25-3/h4-11H,1-3H3,(H,22,23,24). The van der Waals surface area contributed by atoms with Crippen LogP contribution in [-0.4, -0.2) is 18.2 Å². The fourth-order valence-corrected chi connectivity index (χ4v) is 3.46. The van der Waals surface area contributed by atoms with Gasteiger partial charge in [0.2, 0.25) is 0 Å². The van der Waals surface area contributed by atoms with E-state index in [1.165, 1.54) is 18.1 Å². The third-order valence-electron chi connectivity index (χ3n) is 4.83. The number of amides is 1. The first kappa shape index (κ1) is 15.4. The maximum absolute atomic E-state index is 12.0. The van der Waals surface area contributed by atoms with Crippen molar-refractivity contribution in [3.63, 3.8) is 0 Å². The Morgan fingerprint density at radius 1 is 0.920 bits per heavy atom. The highest BCUT2D eigenvalue weighted by atomic mass is 16.5. The van der Waals surface area contributed by atoms with Gasteiger partial charge >= 0.3 is 6.09 Å². The van der Waals surface area contributed by atoms with Gasteiger partial charge < -0.3 is 4.74 Å². The molecule has 0 fully saturated rings. The Balaban J connectivity index is 2.26. The van der Waals surface area contributed by atoms with Crippen molar-refractivity contribution in [1.82, 2.24) is 4.98 Å². The number of fused-ring (bicyclic) bond motifs is 4. The highest BCUT2D eigenvalue weighted by Crippen LogP contribution is 2.38. The summed E-state index contributed by atoms with van der Waals surface area (Å²) in [6.07, 6.45) is -0.483. The number of para-hydroxylation sites is 1. The number of hydrogen-bond acceptors (Lipinski definition) is 3. The summed E-state index contributed by atoms with van der Waals surface area (Å²) in [6, 6.07) is 16.1. The number of carbonyl (C=O) groups is 1. The van der Waals surface area contributed by atoms with E-state index in [1.54, 1.807) is 0 Å². The quantitative estimate of drug-likeness (QED) is 0.379. The Hall–Kier alpha value is -3.14. The summed E-state index contributed by atoms with van der Waals surface area (Å²) in [6.45, 7) is 4.18. The molecule has 4 rings (SSSR count). The molecule has 0 radical (unpaired) electrons. The van der Waals surface area contributed by atoms with Crippen molar-refractivity contribution >= 4 is 44.4 Å². The molecule has 0 atom stereocenters. The summed E-state index contributed by atoms with van der Waals surface area (Å²) in [4.78, 5) is 16.9. The Labute approximate surface area is 145 Å². The molecule has 1 heterocycles. The zero-order chi connectivity index (χ0) is 17.6. The van der Waals surface area contributed by atoms with Crippen LogP contribution in [0.4, 0.5) is 10.5 Å². The van der Waals surface area contributed by atoms with Gasteiger partial charge in [-0.2, -0.15) is 0 Å². The summed E-state index contributed by atoms with van der Waals surface area (Å²) in [5.41, 5.74) is 4.78. The van der Waals surface area contributed by atoms with E-state index in [0.717, 1.165) is 38.4 Å². The number of aromatic nitrogens is 1. The van der Waals surface area contributed by atoms with Gasteiger partial charge in [0.1, 0.15) is 0 Å². The van der Waals surface area contributed by atoms with Crippen molar-refractivity contribution < 1.29 is 9.53 Å². The zero-order valence-electron chi connectivity index (χ0n) is 14.4. The number of methoxy groups -OCH3 is 1. The first-order chi connectivity index (χ1) is 12.1. The minimum Gasteiger partial charge on any atom is -0.453 e. The Morgan fingerprint density at radius 2 is 1.56 bits per heavy atom. The van der Waals surface area contributed by atoms with E-state index in [9.17, 15) is 4.79 Å². The molecule has 0 unspecified atom stereocenters. The third kappa shape index (κ3) is 2.30. The number of benzene rings is 3. The number of aryl methyl sites for hydroxylation is 2. The number of nitrogens with one attached hydrogen (secondary N) is 1. The predicted molar refractivity (Wildman–Crippen MR) is 102 cm³/mol. The topological polar surface area (TPSA) is 51.2 Å². The van der Waals surface area contributed by atoms with Crippen LogP contribution in [0.5, 0.6) is 0 Å². The van der Waals surface area contributed by atoms with E-state index in [2.05, 4.69) is 31.3 Å². The molecule has 4 nitrogen and oxygen atoms in total. The summed E-state index contributed by atoms with van der Waals surface area (Å²) < 4.78 is 4.84. The van der Waals surface area contributed by atoms with Gasteiger partial charge in [-0.25, -0.2) is 9.78 Å². The SMILES string of the molecule is COC(=O)Nc1c2ccccc2nc2c1c(C)c(C)c1ccccc12. The van der Waals surface area contributed by atoms with Crippen molar-refractivity contribution in [3.8, 4) is 0 Å². The zero-order valence-corrected chi connectivity index (χ0v) is 14.4. The van der Waals surface area contributed by atoms with Gasteiger partial charge in [-0.05, 0) is 36.4 Å². The summed E-state index contributed by atoms with van der Waals surface area (Å²) in [7, 11) is 1.37. The summed E-state index contributed by atoms with van der Waals surface area (Å²) in [5.74, 6) is 0. The van der Waals surface area contributed by atoms with E-state index in [0.29, 0.717) is 0 Å². The maximum Gasteiger partial charge on any atom is 0.411 e. The second-order valence-electron chi connectivity index (χ2n) is 6.14. The van der Waals surface area contributed by atoms with Crippen LogP contribution in [0.1, 0.15) is 11.1 Å². The number of carbonyl (C=O) groups excluding carboxylic acids is 1. The molecule has 0 saturated heterocycles. The minimum absolute atomic E-state index is 0.483. The molecule has 1 aromatic heterocycles. The Morgan fingerprint density at radius 3 is 2.28 bits per heavy atom. The van der Waals surface area contributed by atoms with Crippen molar-refractivity contribution in [2.45, 2.75) is 13.8 Å². The average Bonchev–Trinajstić information content (AvgIpc) is 2.65. The largest absolute Gasteiger partial charge is 0.453 e. The molecule has 0 saturated carbocycles. The van der Waals surface area contributed by atoms with Crippen LogP contribution in [0.25, 0.3) is 32.6 Å². The molecule has 124 valence electrons. The second-order valence-corrected chi connectivity index (χ2v) is 6.14. The fourth-order valence-electron chi connectivity index (χ4n) is 3.46. The van der Waals surface area contributed by atoms with Gasteiger partial charge in [-0.1, -0.05) is 42.5 Å². The molecule has 1 amide bonds. The molecular weight excluding hydrogens is 312 g/mol. The van der Waals surface area contributed by atoms with E-state index in [4.69, 9.17) is 9.72 Å². The van der Waals surface area contributed by atoms with Crippen molar-refractivity contribution in [3.05, 3.63) is 59.7 Å². The number of hydrogen-bond donors (Lipinski definition) is 1. The molecule has 4 aromatic rings. The van der Waals surface area contributed by atoms with Crippen molar-refractivity contribution in [1.29, 1.82) is 0 Å². The molecule has 0 aliphatic rings.